The standard InChI is InChI=1S/C28H29F3N4O3S/c1-6-23(36)33-10-16(4)34(11-15(33)3)27-19-7-14(2)24(18-8-21(30)22(31)9-20(18)29)26-25(19)35(28(37)32-27)17(12-38-5)13-39-26/h6-9,15-17H,1,10-13H2,2-5H3/t15-,16+,17+/m1/s1. The molecule has 1 amide bonds. The molecule has 2 aliphatic heterocycles. The second kappa shape index (κ2) is 10.3. The van der Waals surface area contributed by atoms with Gasteiger partial charge in [0.05, 0.1) is 18.2 Å². The van der Waals surface area contributed by atoms with Gasteiger partial charge < -0.3 is 14.5 Å². The van der Waals surface area contributed by atoms with Crippen LogP contribution in [0.1, 0.15) is 25.5 Å². The van der Waals surface area contributed by atoms with Gasteiger partial charge in [0, 0.05) is 65.5 Å². The highest BCUT2D eigenvalue weighted by atomic mass is 32.2. The highest BCUT2D eigenvalue weighted by molar-refractivity contribution is 7.99. The molecule has 0 unspecified atom stereocenters. The summed E-state index contributed by atoms with van der Waals surface area (Å²) < 4.78 is 50.0. The van der Waals surface area contributed by atoms with Gasteiger partial charge in [-0.1, -0.05) is 6.58 Å². The van der Waals surface area contributed by atoms with Crippen LogP contribution in [0, 0.1) is 24.4 Å². The van der Waals surface area contributed by atoms with Gasteiger partial charge in [-0.3, -0.25) is 9.36 Å². The first kappa shape index (κ1) is 27.3. The van der Waals surface area contributed by atoms with Crippen molar-refractivity contribution in [3.05, 3.63) is 64.4 Å². The maximum atomic E-state index is 15.0. The van der Waals surface area contributed by atoms with Crippen LogP contribution in [0.15, 0.2) is 40.5 Å². The van der Waals surface area contributed by atoms with Gasteiger partial charge in [0.15, 0.2) is 11.6 Å². The number of rotatable bonds is 5. The van der Waals surface area contributed by atoms with Crippen LogP contribution in [0.2, 0.25) is 0 Å². The highest BCUT2D eigenvalue weighted by Gasteiger charge is 2.35. The zero-order valence-electron chi connectivity index (χ0n) is 22.1. The first-order chi connectivity index (χ1) is 18.6. The maximum Gasteiger partial charge on any atom is 0.350 e. The number of piperazine rings is 1. The zero-order valence-corrected chi connectivity index (χ0v) is 22.9. The van der Waals surface area contributed by atoms with E-state index in [1.807, 2.05) is 24.8 Å². The van der Waals surface area contributed by atoms with E-state index >= 15 is 4.39 Å². The molecular formula is C28H29F3N4O3S. The van der Waals surface area contributed by atoms with E-state index in [1.54, 1.807) is 23.5 Å². The van der Waals surface area contributed by atoms with Crippen molar-refractivity contribution in [2.75, 3.05) is 37.5 Å². The number of amides is 1. The van der Waals surface area contributed by atoms with Gasteiger partial charge in [-0.25, -0.2) is 18.0 Å². The minimum atomic E-state index is -1.27. The zero-order chi connectivity index (χ0) is 28.2. The van der Waals surface area contributed by atoms with Crippen LogP contribution >= 0.6 is 11.8 Å². The van der Waals surface area contributed by atoms with E-state index in [0.717, 1.165) is 6.07 Å². The molecule has 0 saturated carbocycles. The molecule has 2 aliphatic rings. The van der Waals surface area contributed by atoms with Crippen molar-refractivity contribution in [3.8, 4) is 11.1 Å². The fraction of sp³-hybridized carbons (Fsp3) is 0.393. The number of hydrogen-bond acceptors (Lipinski definition) is 6. The third-order valence-corrected chi connectivity index (χ3v) is 8.72. The van der Waals surface area contributed by atoms with Gasteiger partial charge >= 0.3 is 5.69 Å². The van der Waals surface area contributed by atoms with Crippen molar-refractivity contribution in [3.63, 3.8) is 0 Å². The van der Waals surface area contributed by atoms with Crippen molar-refractivity contribution >= 4 is 34.4 Å². The van der Waals surface area contributed by atoms with Crippen LogP contribution in [-0.4, -0.2) is 65.0 Å². The van der Waals surface area contributed by atoms with Crippen LogP contribution in [0.3, 0.4) is 0 Å². The van der Waals surface area contributed by atoms with Gasteiger partial charge in [0.25, 0.3) is 0 Å². The lowest BCUT2D eigenvalue weighted by Gasteiger charge is -2.45. The minimum absolute atomic E-state index is 0.0723. The van der Waals surface area contributed by atoms with Gasteiger partial charge in [-0.15, -0.1) is 11.8 Å². The van der Waals surface area contributed by atoms with Crippen LogP contribution in [0.25, 0.3) is 22.0 Å². The third kappa shape index (κ3) is 4.51. The molecule has 1 saturated heterocycles. The van der Waals surface area contributed by atoms with E-state index in [0.29, 0.717) is 57.7 Å². The summed E-state index contributed by atoms with van der Waals surface area (Å²) in [5.74, 6) is -2.55. The fourth-order valence-corrected chi connectivity index (χ4v) is 7.01. The number of aryl methyl sites for hydroxylation is 1. The Balaban J connectivity index is 1.77. The molecule has 0 radical (unpaired) electrons. The number of ether oxygens (including phenoxy) is 1. The lowest BCUT2D eigenvalue weighted by molar-refractivity contribution is -0.128. The smallest absolute Gasteiger partial charge is 0.350 e. The number of nitrogens with zero attached hydrogens (tertiary/aromatic N) is 4. The van der Waals surface area contributed by atoms with E-state index in [4.69, 9.17) is 4.74 Å². The average Bonchev–Trinajstić information content (AvgIpc) is 2.90. The lowest BCUT2D eigenvalue weighted by Crippen LogP contribution is -2.58. The first-order valence-corrected chi connectivity index (χ1v) is 13.6. The second-order valence-corrected chi connectivity index (χ2v) is 11.1. The Morgan fingerprint density at radius 3 is 2.56 bits per heavy atom. The van der Waals surface area contributed by atoms with Crippen molar-refractivity contribution in [1.82, 2.24) is 14.5 Å². The Bertz CT molecular complexity index is 1560. The van der Waals surface area contributed by atoms with Crippen molar-refractivity contribution in [1.29, 1.82) is 0 Å². The third-order valence-electron chi connectivity index (χ3n) is 7.48. The topological polar surface area (TPSA) is 67.7 Å². The number of halogens is 3. The summed E-state index contributed by atoms with van der Waals surface area (Å²) in [5.41, 5.74) is 1.04. The second-order valence-electron chi connectivity index (χ2n) is 10.1. The van der Waals surface area contributed by atoms with Gasteiger partial charge in [0.1, 0.15) is 11.6 Å². The predicted octanol–water partition coefficient (Wildman–Crippen LogP) is 4.69. The summed E-state index contributed by atoms with van der Waals surface area (Å²) in [6.45, 7) is 10.4. The van der Waals surface area contributed by atoms with Gasteiger partial charge in [-0.05, 0) is 44.5 Å². The summed E-state index contributed by atoms with van der Waals surface area (Å²) in [7, 11) is 1.55. The Morgan fingerprint density at radius 2 is 1.87 bits per heavy atom. The molecule has 7 nitrogen and oxygen atoms in total. The van der Waals surface area contributed by atoms with Crippen LogP contribution < -0.4 is 10.6 Å². The van der Waals surface area contributed by atoms with E-state index in [1.165, 1.54) is 17.8 Å². The molecule has 0 spiro atoms. The molecule has 3 atom stereocenters. The van der Waals surface area contributed by atoms with Gasteiger partial charge in [0.2, 0.25) is 5.91 Å². The monoisotopic (exact) mass is 558 g/mol. The van der Waals surface area contributed by atoms with Crippen LogP contribution in [-0.2, 0) is 9.53 Å². The Kier molecular flexibility index (Phi) is 7.23. The van der Waals surface area contributed by atoms with Crippen molar-refractivity contribution in [2.45, 2.75) is 43.8 Å². The number of carbonyl (C=O) groups excluding carboxylic acids is 1. The maximum absolute atomic E-state index is 15.0. The minimum Gasteiger partial charge on any atom is -0.383 e. The molecule has 11 heteroatoms. The quantitative estimate of drug-likeness (QED) is 0.334. The lowest BCUT2D eigenvalue weighted by atomic mass is 9.96. The molecule has 1 aromatic heterocycles. The Labute approximate surface area is 228 Å². The number of carbonyl (C=O) groups is 1. The van der Waals surface area contributed by atoms with E-state index < -0.39 is 23.1 Å². The molecule has 0 bridgehead atoms. The van der Waals surface area contributed by atoms with Crippen LogP contribution in [0.5, 0.6) is 0 Å². The molecule has 206 valence electrons. The van der Waals surface area contributed by atoms with E-state index in [-0.39, 0.29) is 36.2 Å². The van der Waals surface area contributed by atoms with Gasteiger partial charge in [-0.2, -0.15) is 4.98 Å². The predicted molar refractivity (Wildman–Crippen MR) is 146 cm³/mol. The summed E-state index contributed by atoms with van der Waals surface area (Å²) >= 11 is 1.42. The number of benzene rings is 2. The number of anilines is 1. The summed E-state index contributed by atoms with van der Waals surface area (Å²) in [6.07, 6.45) is 1.29. The molecular weight excluding hydrogens is 529 g/mol. The number of hydrogen-bond donors (Lipinski definition) is 0. The number of methoxy groups -OCH3 is 1. The molecule has 0 N–H and O–H groups in total. The Morgan fingerprint density at radius 1 is 1.15 bits per heavy atom. The summed E-state index contributed by atoms with van der Waals surface area (Å²) in [6, 6.07) is 2.58. The summed E-state index contributed by atoms with van der Waals surface area (Å²) in [5, 5.41) is 0.685. The molecule has 39 heavy (non-hydrogen) atoms. The highest BCUT2D eigenvalue weighted by Crippen LogP contribution is 2.46. The van der Waals surface area contributed by atoms with E-state index in [2.05, 4.69) is 11.6 Å². The fourth-order valence-electron chi connectivity index (χ4n) is 5.65. The molecule has 3 heterocycles. The largest absolute Gasteiger partial charge is 0.383 e. The van der Waals surface area contributed by atoms with Crippen molar-refractivity contribution < 1.29 is 22.7 Å². The molecule has 1 fully saturated rings. The van der Waals surface area contributed by atoms with Crippen LogP contribution in [0.4, 0.5) is 19.0 Å². The summed E-state index contributed by atoms with van der Waals surface area (Å²) in [4.78, 5) is 34.9. The average molecular weight is 559 g/mol. The number of thioether (sulfide) groups is 1. The first-order valence-electron chi connectivity index (χ1n) is 12.6. The number of aromatic nitrogens is 2. The molecule has 2 aromatic carbocycles. The van der Waals surface area contributed by atoms with E-state index in [9.17, 15) is 18.4 Å². The molecule has 3 aromatic rings. The normalized spacial score (nSPS) is 20.9. The molecule has 5 rings (SSSR count). The van der Waals surface area contributed by atoms with Crippen molar-refractivity contribution in [2.24, 2.45) is 0 Å². The Hall–Kier alpha value is -3.31. The SMILES string of the molecule is C=CC(=O)N1C[C@H](C)N(c2nc(=O)n3c4c(c(-c5cc(F)c(F)cc5F)c(C)cc24)SC[C@@H]3COC)C[C@H]1C. The molecule has 0 aliphatic carbocycles.